The minimum atomic E-state index is -0.218. The van der Waals surface area contributed by atoms with Crippen LogP contribution in [0.1, 0.15) is 64.2 Å². The predicted molar refractivity (Wildman–Crippen MR) is 77.2 cm³/mol. The minimum Gasteiger partial charge on any atom is -0.469 e. The SMILES string of the molecule is COC(=O)CCN(C(=O)C1CCCCC1)C1CCCC1. The lowest BCUT2D eigenvalue weighted by Gasteiger charge is -2.33. The van der Waals surface area contributed by atoms with E-state index in [1.807, 2.05) is 4.90 Å². The van der Waals surface area contributed by atoms with E-state index < -0.39 is 0 Å². The van der Waals surface area contributed by atoms with Gasteiger partial charge in [-0.2, -0.15) is 0 Å². The first-order valence-corrected chi connectivity index (χ1v) is 8.09. The molecule has 0 aliphatic heterocycles. The topological polar surface area (TPSA) is 46.6 Å². The van der Waals surface area contributed by atoms with Gasteiger partial charge in [-0.1, -0.05) is 32.1 Å². The van der Waals surface area contributed by atoms with Crippen LogP contribution in [0.4, 0.5) is 0 Å². The van der Waals surface area contributed by atoms with Gasteiger partial charge in [0, 0.05) is 18.5 Å². The molecule has 2 aliphatic carbocycles. The van der Waals surface area contributed by atoms with Crippen molar-refractivity contribution in [3.05, 3.63) is 0 Å². The third-order valence-corrected chi connectivity index (χ3v) is 4.79. The molecule has 0 bridgehead atoms. The number of carbonyl (C=O) groups is 2. The summed E-state index contributed by atoms with van der Waals surface area (Å²) < 4.78 is 4.71. The van der Waals surface area contributed by atoms with Crippen LogP contribution < -0.4 is 0 Å². The van der Waals surface area contributed by atoms with Crippen LogP contribution in [-0.2, 0) is 14.3 Å². The Hall–Kier alpha value is -1.06. The highest BCUT2D eigenvalue weighted by Crippen LogP contribution is 2.30. The second-order valence-electron chi connectivity index (χ2n) is 6.13. The molecule has 1 amide bonds. The van der Waals surface area contributed by atoms with E-state index in [4.69, 9.17) is 4.74 Å². The van der Waals surface area contributed by atoms with E-state index in [1.165, 1.54) is 39.2 Å². The van der Waals surface area contributed by atoms with Crippen molar-refractivity contribution in [2.45, 2.75) is 70.3 Å². The van der Waals surface area contributed by atoms with E-state index in [1.54, 1.807) is 0 Å². The van der Waals surface area contributed by atoms with Crippen molar-refractivity contribution in [3.8, 4) is 0 Å². The van der Waals surface area contributed by atoms with Gasteiger partial charge >= 0.3 is 5.97 Å². The van der Waals surface area contributed by atoms with Gasteiger partial charge in [0.25, 0.3) is 0 Å². The van der Waals surface area contributed by atoms with Gasteiger partial charge in [-0.3, -0.25) is 9.59 Å². The molecule has 0 N–H and O–H groups in total. The number of hydrogen-bond donors (Lipinski definition) is 0. The van der Waals surface area contributed by atoms with E-state index in [-0.39, 0.29) is 11.9 Å². The number of nitrogens with zero attached hydrogens (tertiary/aromatic N) is 1. The summed E-state index contributed by atoms with van der Waals surface area (Å²) in [5.74, 6) is 0.270. The standard InChI is InChI=1S/C16H27NO3/c1-20-15(18)11-12-17(14-9-5-6-10-14)16(19)13-7-3-2-4-8-13/h13-14H,2-12H2,1H3. The molecule has 0 unspecified atom stereocenters. The van der Waals surface area contributed by atoms with Gasteiger partial charge in [0.05, 0.1) is 13.5 Å². The molecule has 2 saturated carbocycles. The van der Waals surface area contributed by atoms with Gasteiger partial charge < -0.3 is 9.64 Å². The molecule has 114 valence electrons. The summed E-state index contributed by atoms with van der Waals surface area (Å²) in [4.78, 5) is 26.1. The molecule has 0 heterocycles. The van der Waals surface area contributed by atoms with Gasteiger partial charge in [0.15, 0.2) is 0 Å². The van der Waals surface area contributed by atoms with Crippen LogP contribution in [0.15, 0.2) is 0 Å². The zero-order valence-electron chi connectivity index (χ0n) is 12.6. The lowest BCUT2D eigenvalue weighted by Crippen LogP contribution is -2.44. The van der Waals surface area contributed by atoms with Gasteiger partial charge in [-0.25, -0.2) is 0 Å². The van der Waals surface area contributed by atoms with E-state index in [9.17, 15) is 9.59 Å². The largest absolute Gasteiger partial charge is 0.469 e. The van der Waals surface area contributed by atoms with Crippen molar-refractivity contribution in [3.63, 3.8) is 0 Å². The molecule has 0 atom stereocenters. The number of amides is 1. The molecule has 0 aromatic rings. The van der Waals surface area contributed by atoms with Gasteiger partial charge in [-0.05, 0) is 25.7 Å². The van der Waals surface area contributed by atoms with E-state index in [0.717, 1.165) is 25.7 Å². The van der Waals surface area contributed by atoms with Crippen LogP contribution in [0.25, 0.3) is 0 Å². The summed E-state index contributed by atoms with van der Waals surface area (Å²) in [6.45, 7) is 0.534. The monoisotopic (exact) mass is 281 g/mol. The van der Waals surface area contributed by atoms with E-state index in [2.05, 4.69) is 0 Å². The summed E-state index contributed by atoms with van der Waals surface area (Å²) in [5.41, 5.74) is 0. The Bertz CT molecular complexity index is 331. The Labute approximate surface area is 121 Å². The molecule has 4 heteroatoms. The zero-order chi connectivity index (χ0) is 14.4. The summed E-state index contributed by atoms with van der Waals surface area (Å²) >= 11 is 0. The predicted octanol–water partition coefficient (Wildman–Crippen LogP) is 2.90. The fourth-order valence-corrected chi connectivity index (χ4v) is 3.59. The van der Waals surface area contributed by atoms with Crippen molar-refractivity contribution in [1.82, 2.24) is 4.90 Å². The molecule has 0 aromatic heterocycles. The smallest absolute Gasteiger partial charge is 0.307 e. The summed E-state index contributed by atoms with van der Waals surface area (Å²) in [7, 11) is 1.41. The number of hydrogen-bond acceptors (Lipinski definition) is 3. The highest BCUT2D eigenvalue weighted by molar-refractivity contribution is 5.80. The maximum absolute atomic E-state index is 12.8. The van der Waals surface area contributed by atoms with Crippen LogP contribution in [0.3, 0.4) is 0 Å². The third-order valence-electron chi connectivity index (χ3n) is 4.79. The van der Waals surface area contributed by atoms with E-state index in [0.29, 0.717) is 24.9 Å². The Kier molecular flexibility index (Phi) is 5.86. The Morgan fingerprint density at radius 2 is 1.60 bits per heavy atom. The first-order chi connectivity index (χ1) is 9.72. The zero-order valence-corrected chi connectivity index (χ0v) is 12.6. The molecule has 20 heavy (non-hydrogen) atoms. The van der Waals surface area contributed by atoms with Crippen molar-refractivity contribution in [2.24, 2.45) is 5.92 Å². The highest BCUT2D eigenvalue weighted by atomic mass is 16.5. The Morgan fingerprint density at radius 3 is 2.20 bits per heavy atom. The Balaban J connectivity index is 1.96. The van der Waals surface area contributed by atoms with Crippen LogP contribution in [0, 0.1) is 5.92 Å². The molecular weight excluding hydrogens is 254 g/mol. The van der Waals surface area contributed by atoms with Crippen LogP contribution in [0.5, 0.6) is 0 Å². The molecule has 0 saturated heterocycles. The number of methoxy groups -OCH3 is 1. The number of esters is 1. The van der Waals surface area contributed by atoms with Gasteiger partial charge in [0.2, 0.25) is 5.91 Å². The van der Waals surface area contributed by atoms with Crippen LogP contribution in [-0.4, -0.2) is 36.5 Å². The molecule has 2 fully saturated rings. The quantitative estimate of drug-likeness (QED) is 0.728. The Morgan fingerprint density at radius 1 is 1.00 bits per heavy atom. The summed E-state index contributed by atoms with van der Waals surface area (Å²) in [5, 5.41) is 0. The first-order valence-electron chi connectivity index (χ1n) is 8.09. The molecule has 2 rings (SSSR count). The van der Waals surface area contributed by atoms with Gasteiger partial charge in [0.1, 0.15) is 0 Å². The molecule has 4 nitrogen and oxygen atoms in total. The lowest BCUT2D eigenvalue weighted by atomic mass is 9.88. The lowest BCUT2D eigenvalue weighted by molar-refractivity contribution is -0.143. The highest BCUT2D eigenvalue weighted by Gasteiger charge is 2.32. The number of rotatable bonds is 5. The summed E-state index contributed by atoms with van der Waals surface area (Å²) in [6.07, 6.45) is 10.6. The molecule has 0 aromatic carbocycles. The van der Waals surface area contributed by atoms with E-state index >= 15 is 0 Å². The number of ether oxygens (including phenoxy) is 1. The molecule has 2 aliphatic rings. The van der Waals surface area contributed by atoms with Crippen molar-refractivity contribution >= 4 is 11.9 Å². The van der Waals surface area contributed by atoms with Crippen LogP contribution >= 0.6 is 0 Å². The molecule has 0 radical (unpaired) electrons. The average molecular weight is 281 g/mol. The normalized spacial score (nSPS) is 20.9. The fraction of sp³-hybridized carbons (Fsp3) is 0.875. The van der Waals surface area contributed by atoms with Crippen molar-refractivity contribution < 1.29 is 14.3 Å². The second-order valence-corrected chi connectivity index (χ2v) is 6.13. The van der Waals surface area contributed by atoms with Crippen LogP contribution in [0.2, 0.25) is 0 Å². The molecular formula is C16H27NO3. The summed E-state index contributed by atoms with van der Waals surface area (Å²) in [6, 6.07) is 0.356. The van der Waals surface area contributed by atoms with Crippen molar-refractivity contribution in [1.29, 1.82) is 0 Å². The maximum atomic E-state index is 12.8. The second kappa shape index (κ2) is 7.65. The fourth-order valence-electron chi connectivity index (χ4n) is 3.59. The average Bonchev–Trinajstić information content (AvgIpc) is 3.02. The molecule has 0 spiro atoms. The first kappa shape index (κ1) is 15.3. The van der Waals surface area contributed by atoms with Crippen molar-refractivity contribution in [2.75, 3.05) is 13.7 Å². The van der Waals surface area contributed by atoms with Gasteiger partial charge in [-0.15, -0.1) is 0 Å². The third kappa shape index (κ3) is 3.97. The minimum absolute atomic E-state index is 0.196. The number of carbonyl (C=O) groups excluding carboxylic acids is 2. The maximum Gasteiger partial charge on any atom is 0.307 e.